The van der Waals surface area contributed by atoms with Crippen LogP contribution in [-0.2, 0) is 25.8 Å². The van der Waals surface area contributed by atoms with Gasteiger partial charge in [-0.2, -0.15) is 0 Å². The Kier molecular flexibility index (Phi) is 6.29. The summed E-state index contributed by atoms with van der Waals surface area (Å²) in [4.78, 5) is 19.5. The van der Waals surface area contributed by atoms with Crippen molar-refractivity contribution in [2.45, 2.75) is 36.3 Å². The maximum atomic E-state index is 12.9. The molecule has 4 rings (SSSR count). The Morgan fingerprint density at radius 2 is 1.84 bits per heavy atom. The summed E-state index contributed by atoms with van der Waals surface area (Å²) in [6.45, 7) is 1.50. The third kappa shape index (κ3) is 5.07. The Hall–Kier alpha value is -2.45. The molecule has 0 spiro atoms. The molecule has 31 heavy (non-hydrogen) atoms. The number of carbonyl (C=O) groups is 1. The van der Waals surface area contributed by atoms with Gasteiger partial charge in [-0.05, 0) is 54.5 Å². The van der Waals surface area contributed by atoms with Crippen molar-refractivity contribution in [3.63, 3.8) is 0 Å². The van der Waals surface area contributed by atoms with Crippen molar-refractivity contribution in [2.24, 2.45) is 11.8 Å². The average Bonchev–Trinajstić information content (AvgIpc) is 3.17. The van der Waals surface area contributed by atoms with Crippen LogP contribution in [-0.4, -0.2) is 62.8 Å². The van der Waals surface area contributed by atoms with E-state index in [-0.39, 0.29) is 29.4 Å². The molecule has 166 valence electrons. The number of hydrogen-bond acceptors (Lipinski definition) is 6. The number of pyridine rings is 1. The molecule has 7 nitrogen and oxygen atoms in total. The second-order valence-corrected chi connectivity index (χ2v) is 10.6. The summed E-state index contributed by atoms with van der Waals surface area (Å²) in [5.41, 5.74) is 0.830. The highest BCUT2D eigenvalue weighted by molar-refractivity contribution is 7.90. The lowest BCUT2D eigenvalue weighted by Crippen LogP contribution is -2.44. The molecule has 8 heteroatoms. The van der Waals surface area contributed by atoms with E-state index in [0.717, 1.165) is 37.3 Å². The molecule has 1 saturated heterocycles. The number of amides is 1. The van der Waals surface area contributed by atoms with E-state index in [4.69, 9.17) is 4.74 Å². The summed E-state index contributed by atoms with van der Waals surface area (Å²) in [6, 6.07) is 12.6. The zero-order chi connectivity index (χ0) is 22.0. The highest BCUT2D eigenvalue weighted by Crippen LogP contribution is 2.38. The minimum atomic E-state index is -3.23. The average molecular weight is 444 g/mol. The van der Waals surface area contributed by atoms with E-state index in [9.17, 15) is 13.2 Å². The van der Waals surface area contributed by atoms with Gasteiger partial charge in [0.25, 0.3) is 0 Å². The van der Waals surface area contributed by atoms with E-state index in [1.54, 1.807) is 37.6 Å². The van der Waals surface area contributed by atoms with E-state index < -0.39 is 9.84 Å². The number of aromatic nitrogens is 1. The van der Waals surface area contributed by atoms with Gasteiger partial charge in [-0.1, -0.05) is 18.2 Å². The number of likely N-dealkylation sites (tertiary alicyclic amines) is 1. The fourth-order valence-electron chi connectivity index (χ4n) is 4.81. The topological polar surface area (TPSA) is 88.6 Å². The SMILES string of the molecule is CO[C@@H]1C[C@H]2CN(C(=O)Cc3ccc(S(C)(=O)=O)cc3)C[C@H]2C[C@H]1Nc1ccccn1. The van der Waals surface area contributed by atoms with E-state index in [0.29, 0.717) is 11.8 Å². The van der Waals surface area contributed by atoms with Crippen molar-refractivity contribution in [2.75, 3.05) is 31.8 Å². The van der Waals surface area contributed by atoms with E-state index >= 15 is 0 Å². The normalized spacial score (nSPS) is 25.8. The number of benzene rings is 1. The number of nitrogens with zero attached hydrogens (tertiary/aromatic N) is 2. The van der Waals surface area contributed by atoms with Gasteiger partial charge in [-0.15, -0.1) is 0 Å². The minimum Gasteiger partial charge on any atom is -0.379 e. The molecule has 2 aromatic rings. The maximum Gasteiger partial charge on any atom is 0.227 e. The van der Waals surface area contributed by atoms with Crippen LogP contribution in [0.4, 0.5) is 5.82 Å². The summed E-state index contributed by atoms with van der Waals surface area (Å²) in [5.74, 6) is 1.80. The largest absolute Gasteiger partial charge is 0.379 e. The Balaban J connectivity index is 1.38. The summed E-state index contributed by atoms with van der Waals surface area (Å²) < 4.78 is 29.0. The van der Waals surface area contributed by atoms with E-state index in [2.05, 4.69) is 10.3 Å². The summed E-state index contributed by atoms with van der Waals surface area (Å²) >= 11 is 0. The molecule has 1 N–H and O–H groups in total. The Morgan fingerprint density at radius 1 is 1.13 bits per heavy atom. The standard InChI is InChI=1S/C23H29N3O4S/c1-30-21-13-18-15-26(14-17(18)12-20(21)25-22-5-3-4-10-24-22)23(27)11-16-6-8-19(9-7-16)31(2,28)29/h3-10,17-18,20-21H,11-15H2,1-2H3,(H,24,25)/t17-,18+,20-,21-/m1/s1. The Bertz CT molecular complexity index is 1010. The molecule has 0 unspecified atom stereocenters. The van der Waals surface area contributed by atoms with Gasteiger partial charge in [-0.3, -0.25) is 4.79 Å². The van der Waals surface area contributed by atoms with Crippen molar-refractivity contribution in [1.82, 2.24) is 9.88 Å². The van der Waals surface area contributed by atoms with Crippen molar-refractivity contribution < 1.29 is 17.9 Å². The highest BCUT2D eigenvalue weighted by atomic mass is 32.2. The maximum absolute atomic E-state index is 12.9. The van der Waals surface area contributed by atoms with Gasteiger partial charge in [0.05, 0.1) is 23.5 Å². The summed E-state index contributed by atoms with van der Waals surface area (Å²) in [5, 5.41) is 3.51. The molecule has 2 heterocycles. The highest BCUT2D eigenvalue weighted by Gasteiger charge is 2.43. The van der Waals surface area contributed by atoms with Crippen LogP contribution in [0.2, 0.25) is 0 Å². The predicted molar refractivity (Wildman–Crippen MR) is 118 cm³/mol. The lowest BCUT2D eigenvalue weighted by Gasteiger charge is -2.37. The lowest BCUT2D eigenvalue weighted by molar-refractivity contribution is -0.129. The second-order valence-electron chi connectivity index (χ2n) is 8.62. The molecule has 2 aliphatic rings. The molecule has 0 radical (unpaired) electrons. The minimum absolute atomic E-state index is 0.0850. The molecule has 1 aromatic heterocycles. The summed E-state index contributed by atoms with van der Waals surface area (Å²) in [7, 11) is -1.49. The van der Waals surface area contributed by atoms with Crippen molar-refractivity contribution in [1.29, 1.82) is 0 Å². The van der Waals surface area contributed by atoms with Crippen LogP contribution < -0.4 is 5.32 Å². The first-order valence-corrected chi connectivity index (χ1v) is 12.5. The van der Waals surface area contributed by atoms with Gasteiger partial charge in [-0.25, -0.2) is 13.4 Å². The van der Waals surface area contributed by atoms with Crippen molar-refractivity contribution in [3.05, 3.63) is 54.2 Å². The molecular weight excluding hydrogens is 414 g/mol. The van der Waals surface area contributed by atoms with Crippen molar-refractivity contribution in [3.8, 4) is 0 Å². The third-order valence-corrected chi connectivity index (χ3v) is 7.61. The quantitative estimate of drug-likeness (QED) is 0.738. The van der Waals surface area contributed by atoms with Gasteiger partial charge in [0.15, 0.2) is 9.84 Å². The number of fused-ring (bicyclic) bond motifs is 1. The molecule has 1 aliphatic heterocycles. The van der Waals surface area contributed by atoms with E-state index in [1.807, 2.05) is 23.1 Å². The van der Waals surface area contributed by atoms with Crippen LogP contribution in [0.3, 0.4) is 0 Å². The Morgan fingerprint density at radius 3 is 2.45 bits per heavy atom. The number of carbonyl (C=O) groups excluding carboxylic acids is 1. The zero-order valence-corrected chi connectivity index (χ0v) is 18.7. The molecule has 1 amide bonds. The first-order chi connectivity index (χ1) is 14.8. The van der Waals surface area contributed by atoms with Gasteiger partial charge < -0.3 is 15.0 Å². The molecule has 1 aliphatic carbocycles. The number of hydrogen-bond donors (Lipinski definition) is 1. The van der Waals surface area contributed by atoms with Crippen LogP contribution in [0.1, 0.15) is 18.4 Å². The molecule has 4 atom stereocenters. The number of nitrogens with one attached hydrogen (secondary N) is 1. The molecular formula is C23H29N3O4S. The Labute approximate surface area is 183 Å². The second kappa shape index (κ2) is 8.96. The lowest BCUT2D eigenvalue weighted by atomic mass is 9.77. The zero-order valence-electron chi connectivity index (χ0n) is 17.9. The monoisotopic (exact) mass is 443 g/mol. The fraction of sp³-hybridized carbons (Fsp3) is 0.478. The number of methoxy groups -OCH3 is 1. The summed E-state index contributed by atoms with van der Waals surface area (Å²) in [6.07, 6.45) is 5.18. The van der Waals surface area contributed by atoms with Gasteiger partial charge >= 0.3 is 0 Å². The first kappa shape index (κ1) is 21.8. The molecule has 1 saturated carbocycles. The fourth-order valence-corrected chi connectivity index (χ4v) is 5.44. The van der Waals surface area contributed by atoms with Crippen LogP contribution in [0.25, 0.3) is 0 Å². The van der Waals surface area contributed by atoms with Gasteiger partial charge in [0.1, 0.15) is 5.82 Å². The molecule has 0 bridgehead atoms. The number of ether oxygens (including phenoxy) is 1. The van der Waals surface area contributed by atoms with Crippen LogP contribution in [0, 0.1) is 11.8 Å². The first-order valence-electron chi connectivity index (χ1n) is 10.6. The predicted octanol–water partition coefficient (Wildman–Crippen LogP) is 2.39. The van der Waals surface area contributed by atoms with Crippen LogP contribution in [0.15, 0.2) is 53.6 Å². The number of sulfone groups is 1. The van der Waals surface area contributed by atoms with Crippen LogP contribution in [0.5, 0.6) is 0 Å². The van der Waals surface area contributed by atoms with Gasteiger partial charge in [0.2, 0.25) is 5.91 Å². The number of anilines is 1. The third-order valence-electron chi connectivity index (χ3n) is 6.48. The van der Waals surface area contributed by atoms with Crippen molar-refractivity contribution >= 4 is 21.6 Å². The van der Waals surface area contributed by atoms with Crippen LogP contribution >= 0.6 is 0 Å². The van der Waals surface area contributed by atoms with E-state index in [1.165, 1.54) is 6.26 Å². The smallest absolute Gasteiger partial charge is 0.227 e. The number of rotatable bonds is 6. The molecule has 1 aromatic carbocycles. The van der Waals surface area contributed by atoms with Gasteiger partial charge in [0, 0.05) is 32.7 Å². The molecule has 2 fully saturated rings.